The lowest BCUT2D eigenvalue weighted by Gasteiger charge is -2.37. The second-order valence-corrected chi connectivity index (χ2v) is 3.78. The number of nitrogens with zero attached hydrogens (tertiary/aromatic N) is 1. The third-order valence-corrected chi connectivity index (χ3v) is 3.01. The molecule has 1 atom stereocenters. The molecule has 2 aliphatic rings. The van der Waals surface area contributed by atoms with E-state index >= 15 is 0 Å². The molecule has 0 spiro atoms. The van der Waals surface area contributed by atoms with Gasteiger partial charge in [-0.1, -0.05) is 0 Å². The lowest BCUT2D eigenvalue weighted by Crippen LogP contribution is -2.48. The summed E-state index contributed by atoms with van der Waals surface area (Å²) in [6.07, 6.45) is 3.99. The first kappa shape index (κ1) is 8.53. The maximum Gasteiger partial charge on any atom is 0.326 e. The summed E-state index contributed by atoms with van der Waals surface area (Å²) in [7, 11) is 0. The minimum absolute atomic E-state index is 0.0251. The van der Waals surface area contributed by atoms with Crippen LogP contribution in [-0.2, 0) is 9.59 Å². The maximum absolute atomic E-state index is 11.4. The van der Waals surface area contributed by atoms with Crippen molar-refractivity contribution in [1.29, 1.82) is 0 Å². The fourth-order valence-corrected chi connectivity index (χ4v) is 2.07. The second kappa shape index (κ2) is 3.01. The highest BCUT2D eigenvalue weighted by atomic mass is 16.4. The predicted octanol–water partition coefficient (Wildman–Crippen LogP) is 0.614. The number of carbonyl (C=O) groups excluding carboxylic acids is 1. The van der Waals surface area contributed by atoms with Gasteiger partial charge in [-0.3, -0.25) is 4.79 Å². The molecule has 1 amide bonds. The molecular weight excluding hydrogens is 170 g/mol. The van der Waals surface area contributed by atoms with E-state index in [0.717, 1.165) is 19.3 Å². The van der Waals surface area contributed by atoms with Crippen LogP contribution in [0.5, 0.6) is 0 Å². The zero-order valence-corrected chi connectivity index (χ0v) is 7.40. The molecule has 1 aliphatic heterocycles. The maximum atomic E-state index is 11.4. The minimum Gasteiger partial charge on any atom is -0.480 e. The molecule has 4 nitrogen and oxygen atoms in total. The van der Waals surface area contributed by atoms with Gasteiger partial charge in [-0.2, -0.15) is 0 Å². The van der Waals surface area contributed by atoms with Crippen LogP contribution < -0.4 is 0 Å². The largest absolute Gasteiger partial charge is 0.480 e. The highest BCUT2D eigenvalue weighted by molar-refractivity contribution is 5.87. The molecule has 0 unspecified atom stereocenters. The molecule has 0 aromatic rings. The Hall–Kier alpha value is -1.06. The van der Waals surface area contributed by atoms with Gasteiger partial charge in [-0.25, -0.2) is 4.79 Å². The van der Waals surface area contributed by atoms with Crippen molar-refractivity contribution in [1.82, 2.24) is 4.90 Å². The van der Waals surface area contributed by atoms with Crippen molar-refractivity contribution < 1.29 is 14.7 Å². The van der Waals surface area contributed by atoms with Crippen LogP contribution in [0.1, 0.15) is 32.1 Å². The number of carbonyl (C=O) groups is 2. The van der Waals surface area contributed by atoms with Crippen molar-refractivity contribution in [3.8, 4) is 0 Å². The van der Waals surface area contributed by atoms with Gasteiger partial charge < -0.3 is 10.0 Å². The van der Waals surface area contributed by atoms with Gasteiger partial charge in [-0.05, 0) is 25.7 Å². The van der Waals surface area contributed by atoms with Crippen LogP contribution in [0, 0.1) is 0 Å². The Morgan fingerprint density at radius 1 is 1.38 bits per heavy atom. The normalized spacial score (nSPS) is 29.1. The van der Waals surface area contributed by atoms with Gasteiger partial charge in [0.1, 0.15) is 6.04 Å². The quantitative estimate of drug-likeness (QED) is 0.682. The molecule has 2 rings (SSSR count). The Bertz CT molecular complexity index is 247. The van der Waals surface area contributed by atoms with Crippen LogP contribution in [0.25, 0.3) is 0 Å². The van der Waals surface area contributed by atoms with E-state index in [9.17, 15) is 9.59 Å². The molecule has 72 valence electrons. The molecule has 13 heavy (non-hydrogen) atoms. The first-order valence-electron chi connectivity index (χ1n) is 4.74. The molecule has 1 aliphatic carbocycles. The van der Waals surface area contributed by atoms with E-state index in [2.05, 4.69) is 0 Å². The average Bonchev–Trinajstić information content (AvgIpc) is 2.30. The Morgan fingerprint density at radius 2 is 2.08 bits per heavy atom. The van der Waals surface area contributed by atoms with E-state index in [0.29, 0.717) is 12.8 Å². The zero-order valence-electron chi connectivity index (χ0n) is 7.40. The van der Waals surface area contributed by atoms with Gasteiger partial charge in [0.25, 0.3) is 0 Å². The number of carboxylic acids is 1. The van der Waals surface area contributed by atoms with Gasteiger partial charge in [0, 0.05) is 12.5 Å². The lowest BCUT2D eigenvalue weighted by molar-refractivity contribution is -0.149. The van der Waals surface area contributed by atoms with Crippen molar-refractivity contribution in [3.05, 3.63) is 0 Å². The smallest absolute Gasteiger partial charge is 0.326 e. The lowest BCUT2D eigenvalue weighted by atomic mass is 9.91. The van der Waals surface area contributed by atoms with E-state index < -0.39 is 12.0 Å². The molecule has 0 aromatic carbocycles. The van der Waals surface area contributed by atoms with E-state index in [1.54, 1.807) is 4.90 Å². The van der Waals surface area contributed by atoms with Crippen molar-refractivity contribution in [2.75, 3.05) is 0 Å². The summed E-state index contributed by atoms with van der Waals surface area (Å²) in [6, 6.07) is -0.325. The molecule has 0 radical (unpaired) electrons. The van der Waals surface area contributed by atoms with Gasteiger partial charge in [0.2, 0.25) is 5.91 Å². The van der Waals surface area contributed by atoms with Crippen molar-refractivity contribution in [2.24, 2.45) is 0 Å². The number of hydrogen-bond acceptors (Lipinski definition) is 2. The summed E-state index contributed by atoms with van der Waals surface area (Å²) >= 11 is 0. The average molecular weight is 183 g/mol. The molecule has 1 heterocycles. The van der Waals surface area contributed by atoms with Crippen LogP contribution in [0.3, 0.4) is 0 Å². The Labute approximate surface area is 76.5 Å². The summed E-state index contributed by atoms with van der Waals surface area (Å²) in [6.45, 7) is 0. The molecule has 4 heteroatoms. The van der Waals surface area contributed by atoms with Gasteiger partial charge in [0.05, 0.1) is 0 Å². The van der Waals surface area contributed by atoms with Crippen LogP contribution in [-0.4, -0.2) is 34.0 Å². The number of likely N-dealkylation sites (tertiary alicyclic amines) is 1. The summed E-state index contributed by atoms with van der Waals surface area (Å²) in [5.74, 6) is -0.824. The van der Waals surface area contributed by atoms with Crippen LogP contribution in [0.4, 0.5) is 0 Å². The first-order valence-corrected chi connectivity index (χ1v) is 4.74. The monoisotopic (exact) mass is 183 g/mol. The predicted molar refractivity (Wildman–Crippen MR) is 45.1 cm³/mol. The topological polar surface area (TPSA) is 57.6 Å². The summed E-state index contributed by atoms with van der Waals surface area (Å²) in [4.78, 5) is 23.8. The molecular formula is C9H13NO3. The standard InChI is InChI=1S/C9H13NO3/c11-8-5-4-7(9(12)13)10(8)6-2-1-3-6/h6-7H,1-5H2,(H,12,13)/t7-/m0/s1. The molecule has 1 saturated carbocycles. The first-order chi connectivity index (χ1) is 6.20. The van der Waals surface area contributed by atoms with Crippen LogP contribution in [0.2, 0.25) is 0 Å². The number of carboxylic acid groups (broad SMARTS) is 1. The fourth-order valence-electron chi connectivity index (χ4n) is 2.07. The van der Waals surface area contributed by atoms with Gasteiger partial charge in [0.15, 0.2) is 0 Å². The van der Waals surface area contributed by atoms with Crippen molar-refractivity contribution in [3.63, 3.8) is 0 Å². The molecule has 0 aromatic heterocycles. The SMILES string of the molecule is O=C(O)[C@@H]1CCC(=O)N1C1CCC1. The van der Waals surface area contributed by atoms with E-state index in [1.165, 1.54) is 0 Å². The summed E-state index contributed by atoms with van der Waals surface area (Å²) in [5, 5.41) is 8.88. The number of aliphatic carboxylic acids is 1. The zero-order chi connectivity index (χ0) is 9.42. The highest BCUT2D eigenvalue weighted by Gasteiger charge is 2.41. The number of amides is 1. The molecule has 1 saturated heterocycles. The van der Waals surface area contributed by atoms with Gasteiger partial charge >= 0.3 is 5.97 Å². The van der Waals surface area contributed by atoms with Gasteiger partial charge in [-0.15, -0.1) is 0 Å². The molecule has 1 N–H and O–H groups in total. The minimum atomic E-state index is -0.849. The fraction of sp³-hybridized carbons (Fsp3) is 0.778. The highest BCUT2D eigenvalue weighted by Crippen LogP contribution is 2.32. The Balaban J connectivity index is 2.10. The Kier molecular flexibility index (Phi) is 1.98. The third kappa shape index (κ3) is 1.30. The van der Waals surface area contributed by atoms with Crippen molar-refractivity contribution >= 4 is 11.9 Å². The molecule has 0 bridgehead atoms. The summed E-state index contributed by atoms with van der Waals surface area (Å²) < 4.78 is 0. The van der Waals surface area contributed by atoms with Crippen LogP contribution >= 0.6 is 0 Å². The molecule has 2 fully saturated rings. The van der Waals surface area contributed by atoms with E-state index in [4.69, 9.17) is 5.11 Å². The van der Waals surface area contributed by atoms with Crippen molar-refractivity contribution in [2.45, 2.75) is 44.2 Å². The van der Waals surface area contributed by atoms with E-state index in [1.807, 2.05) is 0 Å². The Morgan fingerprint density at radius 3 is 2.54 bits per heavy atom. The third-order valence-electron chi connectivity index (χ3n) is 3.01. The number of rotatable bonds is 2. The summed E-state index contributed by atoms with van der Waals surface area (Å²) in [5.41, 5.74) is 0. The van der Waals surface area contributed by atoms with E-state index in [-0.39, 0.29) is 11.9 Å². The number of hydrogen-bond donors (Lipinski definition) is 1. The van der Waals surface area contributed by atoms with Crippen LogP contribution in [0.15, 0.2) is 0 Å². The second-order valence-electron chi connectivity index (χ2n) is 3.78.